The van der Waals surface area contributed by atoms with Gasteiger partial charge in [0.25, 0.3) is 0 Å². The zero-order valence-corrected chi connectivity index (χ0v) is 12.2. The number of nitrogen functional groups attached to an aromatic ring is 1. The predicted molar refractivity (Wildman–Crippen MR) is 81.7 cm³/mol. The van der Waals surface area contributed by atoms with Gasteiger partial charge in [-0.3, -0.25) is 0 Å². The summed E-state index contributed by atoms with van der Waals surface area (Å²) in [6, 6.07) is 5.30. The number of halogens is 2. The van der Waals surface area contributed by atoms with Gasteiger partial charge in [-0.1, -0.05) is 36.2 Å². The van der Waals surface area contributed by atoms with Gasteiger partial charge in [-0.05, 0) is 18.2 Å². The molecule has 0 spiro atoms. The number of rotatable bonds is 4. The fourth-order valence-corrected chi connectivity index (χ4v) is 2.49. The van der Waals surface area contributed by atoms with Gasteiger partial charge in [0, 0.05) is 23.6 Å². The number of hydrogen-bond acceptors (Lipinski definition) is 2. The lowest BCUT2D eigenvalue weighted by molar-refractivity contribution is 0.757. The molecule has 0 aliphatic carbocycles. The van der Waals surface area contributed by atoms with Crippen molar-refractivity contribution in [1.82, 2.24) is 9.55 Å². The van der Waals surface area contributed by atoms with Crippen LogP contribution in [0.25, 0.3) is 11.3 Å². The van der Waals surface area contributed by atoms with Gasteiger partial charge in [0.15, 0.2) is 0 Å². The van der Waals surface area contributed by atoms with Crippen LogP contribution in [0.5, 0.6) is 0 Å². The highest BCUT2D eigenvalue weighted by Gasteiger charge is 2.16. The monoisotopic (exact) mass is 295 g/mol. The SMILES string of the molecule is C=CCn1c(CC)nc(-c2ccc(Cl)cc2Cl)c1N. The molecule has 2 N–H and O–H groups in total. The maximum atomic E-state index is 6.21. The summed E-state index contributed by atoms with van der Waals surface area (Å²) in [4.78, 5) is 4.57. The van der Waals surface area contributed by atoms with Crippen molar-refractivity contribution in [2.24, 2.45) is 0 Å². The Morgan fingerprint density at radius 3 is 2.74 bits per heavy atom. The fraction of sp³-hybridized carbons (Fsp3) is 0.214. The fourth-order valence-electron chi connectivity index (χ4n) is 2.00. The minimum absolute atomic E-state index is 0.546. The van der Waals surface area contributed by atoms with Crippen molar-refractivity contribution < 1.29 is 0 Å². The average Bonchev–Trinajstić information content (AvgIpc) is 2.68. The van der Waals surface area contributed by atoms with Crippen molar-refractivity contribution in [2.45, 2.75) is 19.9 Å². The van der Waals surface area contributed by atoms with Crippen molar-refractivity contribution in [3.63, 3.8) is 0 Å². The predicted octanol–water partition coefficient (Wildman–Crippen LogP) is 4.19. The molecule has 0 aliphatic heterocycles. The van der Waals surface area contributed by atoms with Crippen LogP contribution < -0.4 is 5.73 Å². The highest BCUT2D eigenvalue weighted by molar-refractivity contribution is 6.36. The Morgan fingerprint density at radius 1 is 1.42 bits per heavy atom. The number of benzene rings is 1. The number of imidazole rings is 1. The van der Waals surface area contributed by atoms with E-state index in [2.05, 4.69) is 11.6 Å². The standard InChI is InChI=1S/C14H15Cl2N3/c1-3-7-19-12(4-2)18-13(14(19)17)10-6-5-9(15)8-11(10)16/h3,5-6,8H,1,4,7,17H2,2H3. The second-order valence-corrected chi connectivity index (χ2v) is 4.98. The Kier molecular flexibility index (Phi) is 4.17. The van der Waals surface area contributed by atoms with E-state index in [0.29, 0.717) is 28.1 Å². The molecule has 0 fully saturated rings. The number of aryl methyl sites for hydroxylation is 1. The third kappa shape index (κ3) is 2.62. The van der Waals surface area contributed by atoms with E-state index in [1.165, 1.54) is 0 Å². The van der Waals surface area contributed by atoms with Gasteiger partial charge >= 0.3 is 0 Å². The number of allylic oxidation sites excluding steroid dienone is 1. The van der Waals surface area contributed by atoms with Crippen LogP contribution in [0.2, 0.25) is 10.0 Å². The molecule has 0 unspecified atom stereocenters. The normalized spacial score (nSPS) is 10.7. The van der Waals surface area contributed by atoms with E-state index in [1.807, 2.05) is 17.6 Å². The minimum atomic E-state index is 0.546. The zero-order valence-electron chi connectivity index (χ0n) is 10.7. The Hall–Kier alpha value is -1.45. The smallest absolute Gasteiger partial charge is 0.132 e. The maximum Gasteiger partial charge on any atom is 0.132 e. The number of nitrogens with zero attached hydrogens (tertiary/aromatic N) is 2. The van der Waals surface area contributed by atoms with Crippen molar-refractivity contribution >= 4 is 29.0 Å². The molecule has 0 amide bonds. The Morgan fingerprint density at radius 2 is 2.16 bits per heavy atom. The van der Waals surface area contributed by atoms with E-state index in [1.54, 1.807) is 18.2 Å². The lowest BCUT2D eigenvalue weighted by Gasteiger charge is -2.06. The maximum absolute atomic E-state index is 6.21. The molecular weight excluding hydrogens is 281 g/mol. The minimum Gasteiger partial charge on any atom is -0.383 e. The molecule has 100 valence electrons. The summed E-state index contributed by atoms with van der Waals surface area (Å²) in [5, 5.41) is 1.14. The van der Waals surface area contributed by atoms with Crippen LogP contribution in [0.3, 0.4) is 0 Å². The molecule has 5 heteroatoms. The van der Waals surface area contributed by atoms with Gasteiger partial charge < -0.3 is 10.3 Å². The third-order valence-corrected chi connectivity index (χ3v) is 3.45. The Bertz CT molecular complexity index is 617. The molecule has 19 heavy (non-hydrogen) atoms. The Labute approximate surface area is 122 Å². The van der Waals surface area contributed by atoms with Gasteiger partial charge in [0.2, 0.25) is 0 Å². The summed E-state index contributed by atoms with van der Waals surface area (Å²) >= 11 is 12.1. The third-order valence-electron chi connectivity index (χ3n) is 2.90. The number of anilines is 1. The van der Waals surface area contributed by atoms with Crippen LogP contribution in [0.15, 0.2) is 30.9 Å². The van der Waals surface area contributed by atoms with Crippen molar-refractivity contribution in [3.8, 4) is 11.3 Å². The number of hydrogen-bond donors (Lipinski definition) is 1. The lowest BCUT2D eigenvalue weighted by atomic mass is 10.1. The van der Waals surface area contributed by atoms with Gasteiger partial charge in [-0.15, -0.1) is 6.58 Å². The lowest BCUT2D eigenvalue weighted by Crippen LogP contribution is -2.05. The van der Waals surface area contributed by atoms with Crippen molar-refractivity contribution in [1.29, 1.82) is 0 Å². The first-order chi connectivity index (χ1) is 9.08. The number of nitrogens with two attached hydrogens (primary N) is 1. The molecule has 2 rings (SSSR count). The molecule has 1 aromatic carbocycles. The molecule has 0 bridgehead atoms. The average molecular weight is 296 g/mol. The van der Waals surface area contributed by atoms with E-state index in [9.17, 15) is 0 Å². The summed E-state index contributed by atoms with van der Waals surface area (Å²) in [6.07, 6.45) is 2.59. The summed E-state index contributed by atoms with van der Waals surface area (Å²) in [5.74, 6) is 1.51. The summed E-state index contributed by atoms with van der Waals surface area (Å²) in [6.45, 7) is 6.40. The van der Waals surface area contributed by atoms with Gasteiger partial charge in [-0.2, -0.15) is 0 Å². The first kappa shape index (κ1) is 14.0. The van der Waals surface area contributed by atoms with Crippen LogP contribution in [0, 0.1) is 0 Å². The first-order valence-corrected chi connectivity index (χ1v) is 6.75. The second-order valence-electron chi connectivity index (χ2n) is 4.14. The van der Waals surface area contributed by atoms with Crippen LogP contribution in [0.1, 0.15) is 12.7 Å². The van der Waals surface area contributed by atoms with E-state index >= 15 is 0 Å². The zero-order chi connectivity index (χ0) is 14.0. The van der Waals surface area contributed by atoms with Gasteiger partial charge in [0.05, 0.1) is 5.02 Å². The summed E-state index contributed by atoms with van der Waals surface area (Å²) in [5.41, 5.74) is 7.65. The Balaban J connectivity index is 2.59. The quantitative estimate of drug-likeness (QED) is 0.860. The van der Waals surface area contributed by atoms with Crippen LogP contribution in [0.4, 0.5) is 5.82 Å². The summed E-state index contributed by atoms with van der Waals surface area (Å²) in [7, 11) is 0. The van der Waals surface area contributed by atoms with E-state index in [-0.39, 0.29) is 0 Å². The molecule has 3 nitrogen and oxygen atoms in total. The molecule has 0 atom stereocenters. The van der Waals surface area contributed by atoms with Crippen LogP contribution in [-0.4, -0.2) is 9.55 Å². The van der Waals surface area contributed by atoms with E-state index in [4.69, 9.17) is 28.9 Å². The molecule has 0 radical (unpaired) electrons. The topological polar surface area (TPSA) is 43.8 Å². The molecule has 1 heterocycles. The molecule has 0 saturated heterocycles. The first-order valence-electron chi connectivity index (χ1n) is 5.99. The summed E-state index contributed by atoms with van der Waals surface area (Å²) < 4.78 is 1.94. The van der Waals surface area contributed by atoms with Crippen LogP contribution in [-0.2, 0) is 13.0 Å². The molecule has 2 aromatic rings. The van der Waals surface area contributed by atoms with Crippen molar-refractivity contribution in [2.75, 3.05) is 5.73 Å². The number of aromatic nitrogens is 2. The largest absolute Gasteiger partial charge is 0.383 e. The highest BCUT2D eigenvalue weighted by Crippen LogP contribution is 2.33. The van der Waals surface area contributed by atoms with Gasteiger partial charge in [-0.25, -0.2) is 4.98 Å². The van der Waals surface area contributed by atoms with Crippen molar-refractivity contribution in [3.05, 3.63) is 46.7 Å². The van der Waals surface area contributed by atoms with Crippen LogP contribution >= 0.6 is 23.2 Å². The van der Waals surface area contributed by atoms with E-state index < -0.39 is 0 Å². The molecular formula is C14H15Cl2N3. The molecule has 0 aliphatic rings. The highest BCUT2D eigenvalue weighted by atomic mass is 35.5. The molecule has 1 aromatic heterocycles. The second kappa shape index (κ2) is 5.68. The molecule has 0 saturated carbocycles. The van der Waals surface area contributed by atoms with E-state index in [0.717, 1.165) is 17.8 Å². The van der Waals surface area contributed by atoms with Gasteiger partial charge in [0.1, 0.15) is 17.3 Å².